The molecule has 0 saturated heterocycles. The van der Waals surface area contributed by atoms with Crippen LogP contribution in [-0.4, -0.2) is 5.11 Å². The van der Waals surface area contributed by atoms with Gasteiger partial charge in [0.05, 0.1) is 6.61 Å². The number of hydrogen-bond donors (Lipinski definition) is 1. The predicted octanol–water partition coefficient (Wildman–Crippen LogP) is -0.747. The summed E-state index contributed by atoms with van der Waals surface area (Å²) in [6.07, 6.45) is 0. The fourth-order valence-electron chi connectivity index (χ4n) is 0.692. The first kappa shape index (κ1) is 27.9. The van der Waals surface area contributed by atoms with E-state index in [1.165, 1.54) is 0 Å². The molecule has 1 aromatic carbocycles. The van der Waals surface area contributed by atoms with Crippen molar-refractivity contribution in [1.82, 2.24) is 0 Å². The SMILES string of the molecule is O=[P+]([O-])O[P+](=O)[O-].O=[P+]([O-])O[P+](=O)[O-].OCc1ccccc1.[W]. The van der Waals surface area contributed by atoms with Crippen molar-refractivity contribution >= 4 is 33.0 Å². The maximum atomic E-state index is 9.24. The van der Waals surface area contributed by atoms with Gasteiger partial charge in [-0.05, 0) is 23.8 Å². The molecule has 1 aromatic rings. The van der Waals surface area contributed by atoms with Crippen LogP contribution in [0.4, 0.5) is 0 Å². The second kappa shape index (κ2) is 18.4. The molecule has 1 N–H and O–H groups in total. The van der Waals surface area contributed by atoms with Crippen molar-refractivity contribution in [2.24, 2.45) is 0 Å². The normalized spacial score (nSPS) is 11.3. The van der Waals surface area contributed by atoms with Crippen molar-refractivity contribution in [2.75, 3.05) is 0 Å². The van der Waals surface area contributed by atoms with Gasteiger partial charge in [-0.2, -0.15) is 0 Å². The van der Waals surface area contributed by atoms with Gasteiger partial charge in [-0.15, -0.1) is 0 Å². The van der Waals surface area contributed by atoms with Gasteiger partial charge in [0.15, 0.2) is 0 Å². The summed E-state index contributed by atoms with van der Waals surface area (Å²) in [5, 5.41) is 8.54. The second-order valence-electron chi connectivity index (χ2n) is 2.70. The molecule has 0 heterocycles. The van der Waals surface area contributed by atoms with E-state index in [1.807, 2.05) is 30.3 Å². The molecule has 0 radical (unpaired) electrons. The molecular formula is C7H8O11P4W. The van der Waals surface area contributed by atoms with E-state index in [4.69, 9.17) is 5.11 Å². The number of aliphatic hydroxyl groups is 1. The first-order chi connectivity index (χ1) is 10.2. The van der Waals surface area contributed by atoms with E-state index in [2.05, 4.69) is 8.62 Å². The first-order valence-electron chi connectivity index (χ1n) is 4.77. The zero-order valence-electron chi connectivity index (χ0n) is 10.8. The van der Waals surface area contributed by atoms with Gasteiger partial charge in [-0.25, -0.2) is 0 Å². The van der Waals surface area contributed by atoms with E-state index in [1.54, 1.807) is 0 Å². The van der Waals surface area contributed by atoms with Crippen LogP contribution in [0.15, 0.2) is 30.3 Å². The third-order valence-corrected chi connectivity index (χ3v) is 3.43. The molecule has 0 aliphatic rings. The van der Waals surface area contributed by atoms with E-state index in [0.717, 1.165) is 5.56 Å². The Morgan fingerprint density at radius 1 is 0.783 bits per heavy atom. The number of aliphatic hydroxyl groups excluding tert-OH is 1. The Hall–Kier alpha value is 0.0283. The topological polar surface area (TPSA) is 199 Å². The summed E-state index contributed by atoms with van der Waals surface area (Å²) in [5.41, 5.74) is 0.965. The maximum absolute atomic E-state index is 9.24. The van der Waals surface area contributed by atoms with Crippen molar-refractivity contribution in [3.05, 3.63) is 35.9 Å². The zero-order valence-corrected chi connectivity index (χ0v) is 17.3. The summed E-state index contributed by atoms with van der Waals surface area (Å²) in [6.45, 7) is 0.140. The number of rotatable bonds is 5. The van der Waals surface area contributed by atoms with E-state index in [9.17, 15) is 37.8 Å². The molecule has 1 rings (SSSR count). The Bertz CT molecular complexity index is 448. The third-order valence-electron chi connectivity index (χ3n) is 1.29. The molecule has 0 aliphatic carbocycles. The van der Waals surface area contributed by atoms with Crippen LogP contribution in [0.1, 0.15) is 5.56 Å². The average molecular weight is 576 g/mol. The third kappa shape index (κ3) is 27.2. The molecule has 0 fully saturated rings. The van der Waals surface area contributed by atoms with Gasteiger partial charge in [0.2, 0.25) is 0 Å². The van der Waals surface area contributed by atoms with Crippen LogP contribution in [0.3, 0.4) is 0 Å². The molecule has 0 bridgehead atoms. The number of benzene rings is 1. The van der Waals surface area contributed by atoms with Crippen molar-refractivity contribution in [3.63, 3.8) is 0 Å². The molecule has 0 aromatic heterocycles. The van der Waals surface area contributed by atoms with Crippen molar-refractivity contribution in [3.8, 4) is 0 Å². The van der Waals surface area contributed by atoms with Gasteiger partial charge in [-0.3, -0.25) is 0 Å². The van der Waals surface area contributed by atoms with Crippen molar-refractivity contribution in [2.45, 2.75) is 6.61 Å². The van der Waals surface area contributed by atoms with Gasteiger partial charge in [-0.1, -0.05) is 30.3 Å². The molecule has 128 valence electrons. The zero-order chi connectivity index (χ0) is 17.5. The Morgan fingerprint density at radius 3 is 1.22 bits per heavy atom. The van der Waals surface area contributed by atoms with E-state index >= 15 is 0 Å². The molecule has 0 amide bonds. The van der Waals surface area contributed by atoms with Gasteiger partial charge in [0.1, 0.15) is 8.62 Å². The monoisotopic (exact) mass is 576 g/mol. The molecule has 0 saturated carbocycles. The van der Waals surface area contributed by atoms with Crippen LogP contribution in [-0.2, 0) is 54.6 Å². The summed E-state index contributed by atoms with van der Waals surface area (Å²) in [4.78, 5) is 37.0. The van der Waals surface area contributed by atoms with Crippen LogP contribution in [0.25, 0.3) is 0 Å². The summed E-state index contributed by atoms with van der Waals surface area (Å²) >= 11 is 0. The molecular weight excluding hydrogens is 568 g/mol. The largest absolute Gasteiger partial charge is 0.563 e. The summed E-state index contributed by atoms with van der Waals surface area (Å²) in [7, 11) is -12.9. The summed E-state index contributed by atoms with van der Waals surface area (Å²) in [5.74, 6) is 0. The van der Waals surface area contributed by atoms with Gasteiger partial charge in [0.25, 0.3) is 0 Å². The minimum Gasteiger partial charge on any atom is -0.563 e. The van der Waals surface area contributed by atoms with Crippen LogP contribution in [0.2, 0.25) is 0 Å². The summed E-state index contributed by atoms with van der Waals surface area (Å²) < 4.78 is 43.3. The van der Waals surface area contributed by atoms with Gasteiger partial charge >= 0.3 is 33.0 Å². The molecule has 4 unspecified atom stereocenters. The molecule has 4 atom stereocenters. The van der Waals surface area contributed by atoms with Crippen LogP contribution >= 0.6 is 33.0 Å². The average Bonchev–Trinajstić information content (AvgIpc) is 2.38. The van der Waals surface area contributed by atoms with Crippen LogP contribution in [0, 0.1) is 0 Å². The molecule has 23 heavy (non-hydrogen) atoms. The second-order valence-corrected chi connectivity index (χ2v) is 5.80. The Morgan fingerprint density at radius 2 is 1.09 bits per heavy atom. The standard InChI is InChI=1S/C7H8O.2O5P2.W/c8-6-7-4-2-1-3-5-7;2*1-6(2)5-7(3)4;/h1-5,8H,6H2;;;. The van der Waals surface area contributed by atoms with Crippen LogP contribution < -0.4 is 19.6 Å². The fraction of sp³-hybridized carbons (Fsp3) is 0.143. The van der Waals surface area contributed by atoms with Gasteiger partial charge < -0.3 is 24.7 Å². The quantitative estimate of drug-likeness (QED) is 0.433. The Kier molecular flexibility index (Phi) is 22.2. The minimum atomic E-state index is -3.24. The molecule has 0 aliphatic heterocycles. The van der Waals surface area contributed by atoms with E-state index in [0.29, 0.717) is 0 Å². The van der Waals surface area contributed by atoms with Crippen molar-refractivity contribution in [1.29, 1.82) is 0 Å². The van der Waals surface area contributed by atoms with Crippen LogP contribution in [0.5, 0.6) is 0 Å². The Labute approximate surface area is 148 Å². The first-order valence-corrected chi connectivity index (χ1v) is 9.15. The maximum Gasteiger partial charge on any atom is 0.543 e. The predicted molar refractivity (Wildman–Crippen MR) is 65.0 cm³/mol. The smallest absolute Gasteiger partial charge is 0.543 e. The number of hydrogen-bond acceptors (Lipinski definition) is 11. The Balaban J connectivity index is -0.000000257. The summed E-state index contributed by atoms with van der Waals surface area (Å²) in [6, 6.07) is 9.52. The molecule has 16 heteroatoms. The molecule has 0 spiro atoms. The fourth-order valence-corrected chi connectivity index (χ4v) is 1.56. The van der Waals surface area contributed by atoms with E-state index in [-0.39, 0.29) is 27.7 Å². The minimum absolute atomic E-state index is 0. The molecule has 11 nitrogen and oxygen atoms in total. The van der Waals surface area contributed by atoms with Crippen molar-refractivity contribution < 1.29 is 72.6 Å². The van der Waals surface area contributed by atoms with E-state index < -0.39 is 33.0 Å². The van der Waals surface area contributed by atoms with Gasteiger partial charge in [0, 0.05) is 21.1 Å².